The molecule has 0 aromatic heterocycles. The minimum atomic E-state index is -4.38. The van der Waals surface area contributed by atoms with E-state index in [2.05, 4.69) is 10.1 Å². The molecule has 1 N–H and O–H groups in total. The molecule has 5 nitrogen and oxygen atoms in total. The van der Waals surface area contributed by atoms with Crippen LogP contribution < -0.4 is 14.8 Å². The van der Waals surface area contributed by atoms with Gasteiger partial charge in [0.2, 0.25) is 0 Å². The van der Waals surface area contributed by atoms with Gasteiger partial charge in [-0.15, -0.1) is 0 Å². The number of nitrogens with one attached hydrogen (secondary N) is 1. The Morgan fingerprint density at radius 2 is 2.05 bits per heavy atom. The van der Waals surface area contributed by atoms with Crippen LogP contribution in [0.5, 0.6) is 11.5 Å². The third-order valence-corrected chi connectivity index (χ3v) is 2.94. The topological polar surface area (TPSA) is 56.8 Å². The molecule has 122 valence electrons. The van der Waals surface area contributed by atoms with Crippen molar-refractivity contribution < 1.29 is 32.2 Å². The van der Waals surface area contributed by atoms with Crippen LogP contribution in [0, 0.1) is 0 Å². The van der Waals surface area contributed by atoms with Crippen LogP contribution in [0.25, 0.3) is 0 Å². The molecule has 9 heteroatoms. The maximum absolute atomic E-state index is 11.9. The van der Waals surface area contributed by atoms with E-state index >= 15 is 0 Å². The minimum absolute atomic E-state index is 0.0546. The number of fused-ring (bicyclic) bond motifs is 1. The van der Waals surface area contributed by atoms with Gasteiger partial charge in [0.15, 0.2) is 11.5 Å². The average molecular weight is 340 g/mol. The molecular weight excluding hydrogens is 327 g/mol. The second-order valence-corrected chi connectivity index (χ2v) is 4.81. The Kier molecular flexibility index (Phi) is 5.36. The highest BCUT2D eigenvalue weighted by Gasteiger charge is 2.27. The fourth-order valence-corrected chi connectivity index (χ4v) is 2.03. The maximum atomic E-state index is 11.9. The first kappa shape index (κ1) is 16.7. The number of carbonyl (C=O) groups excluding carboxylic acids is 1. The molecule has 1 heterocycles. The molecular formula is C13H13ClF3NO4. The second kappa shape index (κ2) is 7.06. The largest absolute Gasteiger partial charge is 0.486 e. The van der Waals surface area contributed by atoms with Gasteiger partial charge >= 0.3 is 6.18 Å². The van der Waals surface area contributed by atoms with Crippen molar-refractivity contribution in [2.75, 3.05) is 33.0 Å². The zero-order valence-corrected chi connectivity index (χ0v) is 12.1. The van der Waals surface area contributed by atoms with Crippen LogP contribution >= 0.6 is 11.6 Å². The molecule has 22 heavy (non-hydrogen) atoms. The summed E-state index contributed by atoms with van der Waals surface area (Å²) in [6.07, 6.45) is -4.38. The molecule has 1 aliphatic rings. The number of carbonyl (C=O) groups is 1. The normalized spacial score (nSPS) is 13.8. The van der Waals surface area contributed by atoms with Crippen molar-refractivity contribution in [2.45, 2.75) is 6.18 Å². The first-order valence-corrected chi connectivity index (χ1v) is 6.76. The maximum Gasteiger partial charge on any atom is 0.411 e. The number of hydrogen-bond acceptors (Lipinski definition) is 4. The van der Waals surface area contributed by atoms with E-state index in [-0.39, 0.29) is 23.7 Å². The Bertz CT molecular complexity index is 551. The predicted molar refractivity (Wildman–Crippen MR) is 71.6 cm³/mol. The summed E-state index contributed by atoms with van der Waals surface area (Å²) >= 11 is 5.99. The molecule has 1 amide bonds. The van der Waals surface area contributed by atoms with E-state index in [0.717, 1.165) is 0 Å². The Balaban J connectivity index is 1.86. The van der Waals surface area contributed by atoms with Crippen molar-refractivity contribution in [3.05, 3.63) is 22.7 Å². The van der Waals surface area contributed by atoms with Crippen LogP contribution in [0.15, 0.2) is 12.1 Å². The van der Waals surface area contributed by atoms with E-state index < -0.39 is 18.7 Å². The van der Waals surface area contributed by atoms with Gasteiger partial charge in [-0.1, -0.05) is 11.6 Å². The van der Waals surface area contributed by atoms with Gasteiger partial charge in [0, 0.05) is 12.1 Å². The Hall–Kier alpha value is -1.67. The number of rotatable bonds is 5. The van der Waals surface area contributed by atoms with Crippen LogP contribution in [0.4, 0.5) is 13.2 Å². The van der Waals surface area contributed by atoms with Crippen LogP contribution in [-0.4, -0.2) is 45.1 Å². The summed E-state index contributed by atoms with van der Waals surface area (Å²) in [6.45, 7) is -0.933. The number of hydrogen-bond donors (Lipinski definition) is 1. The summed E-state index contributed by atoms with van der Waals surface area (Å²) in [5, 5.41) is 2.67. The molecule has 1 aliphatic heterocycles. The highest BCUT2D eigenvalue weighted by molar-refractivity contribution is 6.32. The molecule has 0 aliphatic carbocycles. The molecule has 0 atom stereocenters. The van der Waals surface area contributed by atoms with Crippen molar-refractivity contribution in [3.8, 4) is 11.5 Å². The molecule has 2 rings (SSSR count). The summed E-state index contributed by atoms with van der Waals surface area (Å²) in [5.74, 6) is 0.240. The first-order valence-electron chi connectivity index (χ1n) is 6.38. The van der Waals surface area contributed by atoms with E-state index in [1.54, 1.807) is 0 Å². The van der Waals surface area contributed by atoms with Crippen LogP contribution in [0.1, 0.15) is 10.4 Å². The molecule has 1 aromatic carbocycles. The van der Waals surface area contributed by atoms with Crippen LogP contribution in [0.3, 0.4) is 0 Å². The number of amides is 1. The Morgan fingerprint density at radius 3 is 2.77 bits per heavy atom. The molecule has 0 fully saturated rings. The van der Waals surface area contributed by atoms with E-state index in [4.69, 9.17) is 21.1 Å². The van der Waals surface area contributed by atoms with Gasteiger partial charge in [-0.2, -0.15) is 13.2 Å². The quantitative estimate of drug-likeness (QED) is 0.837. The summed E-state index contributed by atoms with van der Waals surface area (Å²) in [7, 11) is 0. The van der Waals surface area contributed by atoms with Gasteiger partial charge in [0.05, 0.1) is 11.6 Å². The highest BCUT2D eigenvalue weighted by Crippen LogP contribution is 2.38. The van der Waals surface area contributed by atoms with Crippen LogP contribution in [-0.2, 0) is 4.74 Å². The molecule has 0 saturated carbocycles. The first-order chi connectivity index (χ1) is 10.4. The highest BCUT2D eigenvalue weighted by atomic mass is 35.5. The van der Waals surface area contributed by atoms with Gasteiger partial charge in [0.1, 0.15) is 19.8 Å². The second-order valence-electron chi connectivity index (χ2n) is 4.41. The number of alkyl halides is 3. The summed E-state index contributed by atoms with van der Waals surface area (Å²) in [5.41, 5.74) is 0.227. The lowest BCUT2D eigenvalue weighted by Crippen LogP contribution is -2.29. The van der Waals surface area contributed by atoms with Gasteiger partial charge in [-0.3, -0.25) is 4.79 Å². The van der Waals surface area contributed by atoms with Crippen molar-refractivity contribution in [1.29, 1.82) is 0 Å². The summed E-state index contributed by atoms with van der Waals surface area (Å²) < 4.78 is 50.6. The number of halogens is 4. The molecule has 0 saturated heterocycles. The zero-order chi connectivity index (χ0) is 16.2. The molecule has 0 spiro atoms. The Labute approximate surface area is 129 Å². The lowest BCUT2D eigenvalue weighted by atomic mass is 10.2. The van der Waals surface area contributed by atoms with Gasteiger partial charge in [-0.05, 0) is 12.1 Å². The van der Waals surface area contributed by atoms with Gasteiger partial charge < -0.3 is 19.5 Å². The van der Waals surface area contributed by atoms with E-state index in [1.165, 1.54) is 12.1 Å². The fourth-order valence-electron chi connectivity index (χ4n) is 1.77. The molecule has 0 radical (unpaired) electrons. The number of benzene rings is 1. The molecule has 1 aromatic rings. The third-order valence-electron chi connectivity index (χ3n) is 2.66. The van der Waals surface area contributed by atoms with Crippen molar-refractivity contribution in [3.63, 3.8) is 0 Å². The van der Waals surface area contributed by atoms with Crippen LogP contribution in [0.2, 0.25) is 5.02 Å². The van der Waals surface area contributed by atoms with Crippen molar-refractivity contribution >= 4 is 17.5 Å². The molecule has 0 bridgehead atoms. The third kappa shape index (κ3) is 4.67. The summed E-state index contributed by atoms with van der Waals surface area (Å²) in [4.78, 5) is 11.9. The molecule has 0 unspecified atom stereocenters. The minimum Gasteiger partial charge on any atom is -0.486 e. The average Bonchev–Trinajstić information content (AvgIpc) is 2.45. The monoisotopic (exact) mass is 339 g/mol. The van der Waals surface area contributed by atoms with Gasteiger partial charge in [-0.25, -0.2) is 0 Å². The Morgan fingerprint density at radius 1 is 1.32 bits per heavy atom. The SMILES string of the molecule is O=C(NCCOCC(F)(F)F)c1cc(Cl)c2c(c1)OCCO2. The van der Waals surface area contributed by atoms with E-state index in [0.29, 0.717) is 24.7 Å². The van der Waals surface area contributed by atoms with Crippen molar-refractivity contribution in [1.82, 2.24) is 5.32 Å². The van der Waals surface area contributed by atoms with Gasteiger partial charge in [0.25, 0.3) is 5.91 Å². The van der Waals surface area contributed by atoms with E-state index in [9.17, 15) is 18.0 Å². The summed E-state index contributed by atoms with van der Waals surface area (Å²) in [6, 6.07) is 2.87. The zero-order valence-electron chi connectivity index (χ0n) is 11.3. The van der Waals surface area contributed by atoms with Crippen molar-refractivity contribution in [2.24, 2.45) is 0 Å². The lowest BCUT2D eigenvalue weighted by Gasteiger charge is -2.20. The van der Waals surface area contributed by atoms with E-state index in [1.807, 2.05) is 0 Å². The standard InChI is InChI=1S/C13H13ClF3NO4/c14-9-5-8(6-10-11(9)22-4-3-21-10)12(19)18-1-2-20-7-13(15,16)17/h5-6H,1-4,7H2,(H,18,19). The fraction of sp³-hybridized carbons (Fsp3) is 0.462. The predicted octanol–water partition coefficient (Wildman–Crippen LogP) is 2.42. The number of ether oxygens (including phenoxy) is 3. The smallest absolute Gasteiger partial charge is 0.411 e. The lowest BCUT2D eigenvalue weighted by molar-refractivity contribution is -0.173.